The second-order valence-electron chi connectivity index (χ2n) is 4.60. The fourth-order valence-corrected chi connectivity index (χ4v) is 3.12. The normalized spacial score (nSPS) is 18.1. The minimum absolute atomic E-state index is 0.238. The van der Waals surface area contributed by atoms with Crippen molar-refractivity contribution in [1.29, 1.82) is 0 Å². The van der Waals surface area contributed by atoms with Crippen LogP contribution in [0, 0.1) is 0 Å². The Morgan fingerprint density at radius 3 is 3.00 bits per heavy atom. The van der Waals surface area contributed by atoms with E-state index in [2.05, 4.69) is 4.98 Å². The number of thioether (sulfide) groups is 1. The second-order valence-corrected chi connectivity index (χ2v) is 5.60. The van der Waals surface area contributed by atoms with E-state index in [0.29, 0.717) is 24.6 Å². The molecular formula is C13H17N3O3S. The predicted octanol–water partition coefficient (Wildman–Crippen LogP) is 1.14. The molecule has 1 aliphatic rings. The Balaban J connectivity index is 1.90. The molecule has 0 radical (unpaired) electrons. The Bertz CT molecular complexity index is 483. The maximum atomic E-state index is 12.2. The van der Waals surface area contributed by atoms with Crippen LogP contribution in [0.3, 0.4) is 0 Å². The summed E-state index contributed by atoms with van der Waals surface area (Å²) in [5, 5.41) is 9.09. The van der Waals surface area contributed by atoms with Crippen LogP contribution in [0.4, 0.5) is 4.79 Å². The number of pyridine rings is 1. The largest absolute Gasteiger partial charge is 0.480 e. The quantitative estimate of drug-likeness (QED) is 0.901. The zero-order valence-electron chi connectivity index (χ0n) is 11.2. The minimum atomic E-state index is -0.943. The fraction of sp³-hybridized carbons (Fsp3) is 0.462. The highest BCUT2D eigenvalue weighted by molar-refractivity contribution is 7.99. The van der Waals surface area contributed by atoms with Crippen LogP contribution in [-0.4, -0.2) is 63.2 Å². The molecule has 0 bridgehead atoms. The first-order valence-corrected chi connectivity index (χ1v) is 7.47. The van der Waals surface area contributed by atoms with Gasteiger partial charge in [-0.3, -0.25) is 4.98 Å². The van der Waals surface area contributed by atoms with E-state index in [4.69, 9.17) is 5.11 Å². The smallest absolute Gasteiger partial charge is 0.327 e. The lowest BCUT2D eigenvalue weighted by Crippen LogP contribution is -2.47. The van der Waals surface area contributed by atoms with Crippen LogP contribution in [0.25, 0.3) is 0 Å². The molecule has 1 unspecified atom stereocenters. The summed E-state index contributed by atoms with van der Waals surface area (Å²) >= 11 is 1.46. The van der Waals surface area contributed by atoms with E-state index in [9.17, 15) is 9.59 Å². The van der Waals surface area contributed by atoms with Crippen LogP contribution in [-0.2, 0) is 11.2 Å². The van der Waals surface area contributed by atoms with E-state index in [1.807, 2.05) is 18.2 Å². The molecule has 0 saturated carbocycles. The number of rotatable bonds is 4. The number of carbonyl (C=O) groups is 2. The molecule has 1 fully saturated rings. The predicted molar refractivity (Wildman–Crippen MR) is 76.6 cm³/mol. The summed E-state index contributed by atoms with van der Waals surface area (Å²) in [7, 11) is 1.69. The van der Waals surface area contributed by atoms with E-state index in [1.54, 1.807) is 18.1 Å². The van der Waals surface area contributed by atoms with Gasteiger partial charge in [0.15, 0.2) is 0 Å². The van der Waals surface area contributed by atoms with Crippen LogP contribution in [0.1, 0.15) is 5.69 Å². The molecule has 108 valence electrons. The van der Waals surface area contributed by atoms with Crippen molar-refractivity contribution in [2.45, 2.75) is 12.5 Å². The van der Waals surface area contributed by atoms with Crippen molar-refractivity contribution in [3.05, 3.63) is 30.1 Å². The van der Waals surface area contributed by atoms with E-state index in [0.717, 1.165) is 5.69 Å². The zero-order valence-corrected chi connectivity index (χ0v) is 12.0. The number of likely N-dealkylation sites (N-methyl/N-ethyl adjacent to an activating group) is 1. The third-order valence-electron chi connectivity index (χ3n) is 3.17. The summed E-state index contributed by atoms with van der Waals surface area (Å²) < 4.78 is 0. The highest BCUT2D eigenvalue weighted by atomic mass is 32.2. The summed E-state index contributed by atoms with van der Waals surface area (Å²) in [6.07, 6.45) is 2.37. The van der Waals surface area contributed by atoms with Crippen LogP contribution in [0.5, 0.6) is 0 Å². The molecule has 7 heteroatoms. The molecule has 1 aliphatic heterocycles. The number of hydrogen-bond donors (Lipinski definition) is 1. The van der Waals surface area contributed by atoms with Gasteiger partial charge in [0.1, 0.15) is 6.04 Å². The van der Waals surface area contributed by atoms with E-state index < -0.39 is 12.0 Å². The first kappa shape index (κ1) is 14.6. The van der Waals surface area contributed by atoms with E-state index in [1.165, 1.54) is 16.7 Å². The number of urea groups is 1. The van der Waals surface area contributed by atoms with Crippen LogP contribution in [0.15, 0.2) is 24.4 Å². The Hall–Kier alpha value is -1.76. The van der Waals surface area contributed by atoms with Crippen molar-refractivity contribution in [2.24, 2.45) is 0 Å². The first-order valence-electron chi connectivity index (χ1n) is 6.32. The van der Waals surface area contributed by atoms with Crippen molar-refractivity contribution in [2.75, 3.05) is 25.2 Å². The lowest BCUT2D eigenvalue weighted by atomic mass is 10.2. The lowest BCUT2D eigenvalue weighted by Gasteiger charge is -2.26. The molecule has 0 aromatic carbocycles. The molecule has 0 aliphatic carbocycles. The van der Waals surface area contributed by atoms with Gasteiger partial charge in [-0.2, -0.15) is 0 Å². The average Bonchev–Trinajstić information content (AvgIpc) is 2.94. The van der Waals surface area contributed by atoms with Gasteiger partial charge in [0.25, 0.3) is 0 Å². The topological polar surface area (TPSA) is 73.7 Å². The number of carbonyl (C=O) groups excluding carboxylic acids is 1. The van der Waals surface area contributed by atoms with Crippen LogP contribution >= 0.6 is 11.8 Å². The second kappa shape index (κ2) is 6.60. The van der Waals surface area contributed by atoms with Gasteiger partial charge >= 0.3 is 12.0 Å². The minimum Gasteiger partial charge on any atom is -0.480 e. The molecule has 1 atom stereocenters. The first-order chi connectivity index (χ1) is 9.59. The van der Waals surface area contributed by atoms with E-state index in [-0.39, 0.29) is 6.03 Å². The summed E-state index contributed by atoms with van der Waals surface area (Å²) in [4.78, 5) is 30.5. The molecule has 20 heavy (non-hydrogen) atoms. The van der Waals surface area contributed by atoms with Gasteiger partial charge in [-0.15, -0.1) is 11.8 Å². The number of aromatic nitrogens is 1. The van der Waals surface area contributed by atoms with Gasteiger partial charge in [-0.25, -0.2) is 9.59 Å². The summed E-state index contributed by atoms with van der Waals surface area (Å²) in [6, 6.07) is 4.70. The van der Waals surface area contributed by atoms with Gasteiger partial charge in [0, 0.05) is 37.7 Å². The maximum absolute atomic E-state index is 12.2. The van der Waals surface area contributed by atoms with Crippen molar-refractivity contribution < 1.29 is 14.7 Å². The molecule has 2 heterocycles. The summed E-state index contributed by atoms with van der Waals surface area (Å²) in [6.45, 7) is 0.517. The molecule has 2 rings (SSSR count). The van der Waals surface area contributed by atoms with Gasteiger partial charge < -0.3 is 14.9 Å². The van der Waals surface area contributed by atoms with Crippen molar-refractivity contribution >= 4 is 23.8 Å². The molecule has 1 aromatic heterocycles. The number of amides is 2. The van der Waals surface area contributed by atoms with Gasteiger partial charge in [0.2, 0.25) is 0 Å². The number of carboxylic acid groups (broad SMARTS) is 1. The molecule has 1 N–H and O–H groups in total. The summed E-state index contributed by atoms with van der Waals surface area (Å²) in [5.41, 5.74) is 0.915. The fourth-order valence-electron chi connectivity index (χ4n) is 1.98. The number of carboxylic acids is 1. The highest BCUT2D eigenvalue weighted by Crippen LogP contribution is 2.22. The average molecular weight is 295 g/mol. The maximum Gasteiger partial charge on any atom is 0.327 e. The van der Waals surface area contributed by atoms with Gasteiger partial charge in [-0.05, 0) is 12.1 Å². The highest BCUT2D eigenvalue weighted by Gasteiger charge is 2.35. The molecule has 6 nitrogen and oxygen atoms in total. The van der Waals surface area contributed by atoms with Crippen molar-refractivity contribution in [3.63, 3.8) is 0 Å². The van der Waals surface area contributed by atoms with E-state index >= 15 is 0 Å². The Labute approximate surface area is 121 Å². The number of hydrogen-bond acceptors (Lipinski definition) is 4. The Morgan fingerprint density at radius 1 is 1.55 bits per heavy atom. The molecule has 2 amide bonds. The third-order valence-corrected chi connectivity index (χ3v) is 4.18. The third kappa shape index (κ3) is 3.41. The Morgan fingerprint density at radius 2 is 2.35 bits per heavy atom. The van der Waals surface area contributed by atoms with Crippen LogP contribution in [0.2, 0.25) is 0 Å². The van der Waals surface area contributed by atoms with Crippen LogP contribution < -0.4 is 0 Å². The van der Waals surface area contributed by atoms with Gasteiger partial charge in [0.05, 0.1) is 5.88 Å². The van der Waals surface area contributed by atoms with Crippen molar-refractivity contribution in [1.82, 2.24) is 14.8 Å². The lowest BCUT2D eigenvalue weighted by molar-refractivity contribution is -0.140. The molecular weight excluding hydrogens is 278 g/mol. The monoisotopic (exact) mass is 295 g/mol. The number of nitrogens with zero attached hydrogens (tertiary/aromatic N) is 3. The molecule has 0 spiro atoms. The standard InChI is InChI=1S/C13H17N3O3S/c1-15(7-5-10-4-2-3-6-14-10)13(19)16-9-20-8-11(16)12(17)18/h2-4,6,11H,5,7-9H2,1H3,(H,17,18). The van der Waals surface area contributed by atoms with Crippen molar-refractivity contribution in [3.8, 4) is 0 Å². The molecule has 1 aromatic rings. The SMILES string of the molecule is CN(CCc1ccccn1)C(=O)N1CSCC1C(=O)O. The number of aliphatic carboxylic acids is 1. The summed E-state index contributed by atoms with van der Waals surface area (Å²) in [5.74, 6) is -0.0553. The van der Waals surface area contributed by atoms with Gasteiger partial charge in [-0.1, -0.05) is 6.07 Å². The zero-order chi connectivity index (χ0) is 14.5. The Kier molecular flexibility index (Phi) is 4.84. The molecule has 1 saturated heterocycles.